The number of nitrogens with zero attached hydrogens (tertiary/aromatic N) is 4. The molecule has 0 atom stereocenters. The molecule has 0 spiro atoms. The third-order valence-electron chi connectivity index (χ3n) is 3.08. The number of halogens is 1. The minimum Gasteiger partial charge on any atom is -0.397 e. The fraction of sp³-hybridized carbons (Fsp3) is 0.417. The highest BCUT2D eigenvalue weighted by molar-refractivity contribution is 6.33. The smallest absolute Gasteiger partial charge is 0.184 e. The van der Waals surface area contributed by atoms with Gasteiger partial charge < -0.3 is 5.73 Å². The summed E-state index contributed by atoms with van der Waals surface area (Å²) in [5, 5.41) is 12.4. The molecule has 18 heavy (non-hydrogen) atoms. The number of aromatic nitrogens is 4. The van der Waals surface area contributed by atoms with Crippen molar-refractivity contribution in [2.75, 3.05) is 5.73 Å². The lowest BCUT2D eigenvalue weighted by Gasteiger charge is -2.15. The third kappa shape index (κ3) is 2.18. The largest absolute Gasteiger partial charge is 0.397 e. The van der Waals surface area contributed by atoms with Crippen molar-refractivity contribution >= 4 is 17.3 Å². The van der Waals surface area contributed by atoms with Gasteiger partial charge in [-0.1, -0.05) is 31.5 Å². The first-order valence-corrected chi connectivity index (χ1v) is 6.39. The molecule has 5 nitrogen and oxygen atoms in total. The van der Waals surface area contributed by atoms with E-state index in [-0.39, 0.29) is 6.04 Å². The number of hydrogen-bond acceptors (Lipinski definition) is 4. The molecule has 0 aliphatic rings. The molecule has 2 aromatic rings. The molecule has 0 saturated heterocycles. The van der Waals surface area contributed by atoms with Crippen LogP contribution in [0.2, 0.25) is 5.02 Å². The molecular weight excluding hydrogens is 250 g/mol. The minimum atomic E-state index is 0.272. The Bertz CT molecular complexity index is 533. The van der Waals surface area contributed by atoms with Gasteiger partial charge in [0.2, 0.25) is 0 Å². The number of anilines is 1. The maximum absolute atomic E-state index is 6.03. The zero-order chi connectivity index (χ0) is 13.1. The van der Waals surface area contributed by atoms with Gasteiger partial charge in [-0.3, -0.25) is 0 Å². The Morgan fingerprint density at radius 1 is 1.33 bits per heavy atom. The number of nitrogen functional groups attached to an aromatic ring is 1. The van der Waals surface area contributed by atoms with Gasteiger partial charge in [-0.15, -0.1) is 5.10 Å². The van der Waals surface area contributed by atoms with E-state index in [1.54, 1.807) is 6.07 Å². The summed E-state index contributed by atoms with van der Waals surface area (Å²) in [7, 11) is 0. The second-order valence-electron chi connectivity index (χ2n) is 4.12. The minimum absolute atomic E-state index is 0.272. The number of para-hydroxylation sites is 1. The van der Waals surface area contributed by atoms with Crippen molar-refractivity contribution in [2.45, 2.75) is 32.7 Å². The Morgan fingerprint density at radius 2 is 2.06 bits per heavy atom. The van der Waals surface area contributed by atoms with Crippen LogP contribution in [0.1, 0.15) is 32.7 Å². The number of benzene rings is 1. The summed E-state index contributed by atoms with van der Waals surface area (Å²) in [4.78, 5) is 0. The average Bonchev–Trinajstić information content (AvgIpc) is 2.83. The van der Waals surface area contributed by atoms with Gasteiger partial charge >= 0.3 is 0 Å². The predicted octanol–water partition coefficient (Wildman–Crippen LogP) is 2.94. The maximum atomic E-state index is 6.03. The van der Waals surface area contributed by atoms with E-state index in [4.69, 9.17) is 17.3 Å². The Balaban J connectivity index is 2.52. The van der Waals surface area contributed by atoms with Gasteiger partial charge in [-0.2, -0.15) is 0 Å². The molecule has 0 amide bonds. The predicted molar refractivity (Wildman–Crippen MR) is 72.3 cm³/mol. The Kier molecular flexibility index (Phi) is 3.81. The van der Waals surface area contributed by atoms with Gasteiger partial charge in [-0.05, 0) is 35.4 Å². The average molecular weight is 266 g/mol. The van der Waals surface area contributed by atoms with Crippen LogP contribution in [0.5, 0.6) is 0 Å². The molecule has 0 fully saturated rings. The number of hydrogen-bond donors (Lipinski definition) is 1. The van der Waals surface area contributed by atoms with Crippen LogP contribution >= 0.6 is 11.6 Å². The van der Waals surface area contributed by atoms with Crippen molar-refractivity contribution < 1.29 is 0 Å². The molecule has 2 N–H and O–H groups in total. The van der Waals surface area contributed by atoms with Gasteiger partial charge in [0, 0.05) is 5.56 Å². The lowest BCUT2D eigenvalue weighted by molar-refractivity contribution is 0.422. The van der Waals surface area contributed by atoms with Crippen LogP contribution in [0, 0.1) is 0 Å². The highest BCUT2D eigenvalue weighted by Gasteiger charge is 2.18. The quantitative estimate of drug-likeness (QED) is 0.863. The highest BCUT2D eigenvalue weighted by atomic mass is 35.5. The van der Waals surface area contributed by atoms with Crippen LogP contribution in [0.15, 0.2) is 18.2 Å². The van der Waals surface area contributed by atoms with Gasteiger partial charge in [0.15, 0.2) is 5.82 Å². The molecule has 0 bridgehead atoms. The van der Waals surface area contributed by atoms with Crippen molar-refractivity contribution in [2.24, 2.45) is 0 Å². The van der Waals surface area contributed by atoms with Crippen LogP contribution in [0.25, 0.3) is 11.4 Å². The molecule has 0 radical (unpaired) electrons. The summed E-state index contributed by atoms with van der Waals surface area (Å²) in [5.74, 6) is 0.670. The fourth-order valence-electron chi connectivity index (χ4n) is 1.98. The monoisotopic (exact) mass is 265 g/mol. The zero-order valence-corrected chi connectivity index (χ0v) is 11.2. The molecule has 0 saturated carbocycles. The topological polar surface area (TPSA) is 69.6 Å². The van der Waals surface area contributed by atoms with Crippen LogP contribution < -0.4 is 5.73 Å². The Morgan fingerprint density at radius 3 is 2.72 bits per heavy atom. The van der Waals surface area contributed by atoms with Crippen molar-refractivity contribution in [1.29, 1.82) is 0 Å². The lowest BCUT2D eigenvalue weighted by Crippen LogP contribution is -2.11. The molecule has 6 heteroatoms. The summed E-state index contributed by atoms with van der Waals surface area (Å²) in [6.45, 7) is 4.22. The van der Waals surface area contributed by atoms with Crippen LogP contribution in [0.3, 0.4) is 0 Å². The molecule has 0 unspecified atom stereocenters. The van der Waals surface area contributed by atoms with Gasteiger partial charge in [0.1, 0.15) is 0 Å². The van der Waals surface area contributed by atoms with Crippen molar-refractivity contribution in [3.63, 3.8) is 0 Å². The molecule has 0 aliphatic heterocycles. The van der Waals surface area contributed by atoms with E-state index >= 15 is 0 Å². The molecule has 2 rings (SSSR count). The highest BCUT2D eigenvalue weighted by Crippen LogP contribution is 2.31. The number of rotatable bonds is 4. The first kappa shape index (κ1) is 12.8. The molecule has 0 aliphatic carbocycles. The van der Waals surface area contributed by atoms with Crippen LogP contribution in [-0.2, 0) is 0 Å². The Labute approximate surface area is 111 Å². The van der Waals surface area contributed by atoms with Crippen LogP contribution in [0.4, 0.5) is 5.69 Å². The molecule has 1 aromatic carbocycles. The third-order valence-corrected chi connectivity index (χ3v) is 3.40. The maximum Gasteiger partial charge on any atom is 0.184 e. The lowest BCUT2D eigenvalue weighted by atomic mass is 10.1. The summed E-state index contributed by atoms with van der Waals surface area (Å²) in [6.07, 6.45) is 1.93. The summed E-state index contributed by atoms with van der Waals surface area (Å²) < 4.78 is 1.82. The van der Waals surface area contributed by atoms with E-state index in [9.17, 15) is 0 Å². The van der Waals surface area contributed by atoms with E-state index in [0.717, 1.165) is 18.4 Å². The second kappa shape index (κ2) is 5.35. The van der Waals surface area contributed by atoms with Gasteiger partial charge in [0.05, 0.1) is 16.8 Å². The molecule has 1 heterocycles. The van der Waals surface area contributed by atoms with E-state index in [1.807, 2.05) is 16.8 Å². The van der Waals surface area contributed by atoms with E-state index in [0.29, 0.717) is 16.5 Å². The van der Waals surface area contributed by atoms with Crippen LogP contribution in [-0.4, -0.2) is 20.2 Å². The van der Waals surface area contributed by atoms with Crippen molar-refractivity contribution in [1.82, 2.24) is 20.2 Å². The Hall–Kier alpha value is -1.62. The first-order chi connectivity index (χ1) is 8.69. The van der Waals surface area contributed by atoms with Gasteiger partial charge in [0.25, 0.3) is 0 Å². The SMILES string of the molecule is CCC(CC)n1nnnc1-c1cccc(Cl)c1N. The second-order valence-corrected chi connectivity index (χ2v) is 4.53. The van der Waals surface area contributed by atoms with Gasteiger partial charge in [-0.25, -0.2) is 4.68 Å². The number of tetrazole rings is 1. The summed E-state index contributed by atoms with van der Waals surface area (Å²) >= 11 is 6.03. The zero-order valence-electron chi connectivity index (χ0n) is 10.5. The molecular formula is C12H16ClN5. The molecule has 96 valence electrons. The summed E-state index contributed by atoms with van der Waals surface area (Å²) in [6, 6.07) is 5.76. The van der Waals surface area contributed by atoms with Crippen molar-refractivity contribution in [3.05, 3.63) is 23.2 Å². The summed E-state index contributed by atoms with van der Waals surface area (Å²) in [5.41, 5.74) is 7.28. The van der Waals surface area contributed by atoms with E-state index in [2.05, 4.69) is 29.4 Å². The normalized spacial score (nSPS) is 11.1. The standard InChI is InChI=1S/C12H16ClN5/c1-3-8(4-2)18-12(15-16-17-18)9-6-5-7-10(13)11(9)14/h5-8H,3-4,14H2,1-2H3. The fourth-order valence-corrected chi connectivity index (χ4v) is 2.16. The number of nitrogens with two attached hydrogens (primary N) is 1. The van der Waals surface area contributed by atoms with E-state index in [1.165, 1.54) is 0 Å². The van der Waals surface area contributed by atoms with E-state index < -0.39 is 0 Å². The molecule has 1 aromatic heterocycles. The first-order valence-electron chi connectivity index (χ1n) is 6.01. The van der Waals surface area contributed by atoms with Crippen molar-refractivity contribution in [3.8, 4) is 11.4 Å².